The maximum Gasteiger partial charge on any atom is 0.302 e. The standard InChI is InChI=1S/C11H8ClN3O4/c12-7-3-1-2-6(4-7)9(16)14-11-13-8(5-19-11)10(17)15-18/h1-5,18H,(H,15,17)(H,13,14,16). The van der Waals surface area contributed by atoms with Gasteiger partial charge in [-0.1, -0.05) is 17.7 Å². The number of amides is 2. The van der Waals surface area contributed by atoms with Gasteiger partial charge in [-0.25, -0.2) is 5.48 Å². The average molecular weight is 282 g/mol. The lowest BCUT2D eigenvalue weighted by Crippen LogP contribution is -2.19. The van der Waals surface area contributed by atoms with Gasteiger partial charge >= 0.3 is 6.01 Å². The molecule has 0 bridgehead atoms. The fourth-order valence-electron chi connectivity index (χ4n) is 1.29. The number of nitrogens with one attached hydrogen (secondary N) is 2. The van der Waals surface area contributed by atoms with Crippen molar-refractivity contribution >= 4 is 29.4 Å². The SMILES string of the molecule is O=C(Nc1nc(C(=O)NO)co1)c1cccc(Cl)c1. The van der Waals surface area contributed by atoms with Gasteiger partial charge in [0.2, 0.25) is 0 Å². The van der Waals surface area contributed by atoms with E-state index in [4.69, 9.17) is 21.2 Å². The molecule has 2 rings (SSSR count). The summed E-state index contributed by atoms with van der Waals surface area (Å²) in [5.74, 6) is -1.33. The Kier molecular flexibility index (Phi) is 3.79. The molecule has 1 aromatic carbocycles. The fourth-order valence-corrected chi connectivity index (χ4v) is 1.48. The fraction of sp³-hybridized carbons (Fsp3) is 0. The molecule has 0 radical (unpaired) electrons. The molecule has 0 saturated heterocycles. The highest BCUT2D eigenvalue weighted by Gasteiger charge is 2.14. The Morgan fingerprint density at radius 1 is 1.32 bits per heavy atom. The number of carbonyl (C=O) groups is 2. The second kappa shape index (κ2) is 5.51. The van der Waals surface area contributed by atoms with Gasteiger partial charge < -0.3 is 4.42 Å². The largest absolute Gasteiger partial charge is 0.431 e. The zero-order valence-electron chi connectivity index (χ0n) is 9.38. The zero-order chi connectivity index (χ0) is 13.8. The quantitative estimate of drug-likeness (QED) is 0.587. The predicted molar refractivity (Wildman–Crippen MR) is 65.2 cm³/mol. The van der Waals surface area contributed by atoms with Gasteiger partial charge in [0.05, 0.1) is 0 Å². The van der Waals surface area contributed by atoms with Crippen LogP contribution in [0.3, 0.4) is 0 Å². The first-order chi connectivity index (χ1) is 9.10. The molecule has 8 heteroatoms. The van der Waals surface area contributed by atoms with Crippen LogP contribution in [0.15, 0.2) is 34.9 Å². The predicted octanol–water partition coefficient (Wildman–Crippen LogP) is 1.70. The van der Waals surface area contributed by atoms with Crippen molar-refractivity contribution < 1.29 is 19.2 Å². The third-order valence-corrected chi connectivity index (χ3v) is 2.38. The van der Waals surface area contributed by atoms with Crippen LogP contribution in [0.25, 0.3) is 0 Å². The molecule has 0 spiro atoms. The van der Waals surface area contributed by atoms with E-state index < -0.39 is 11.8 Å². The maximum absolute atomic E-state index is 11.8. The summed E-state index contributed by atoms with van der Waals surface area (Å²) in [6.45, 7) is 0. The molecular formula is C11H8ClN3O4. The second-order valence-corrected chi connectivity index (χ2v) is 3.88. The molecule has 0 aliphatic heterocycles. The molecule has 0 aliphatic rings. The molecule has 0 unspecified atom stereocenters. The number of oxazole rings is 1. The van der Waals surface area contributed by atoms with Gasteiger partial charge in [0.25, 0.3) is 11.8 Å². The maximum atomic E-state index is 11.8. The molecule has 0 fully saturated rings. The highest BCUT2D eigenvalue weighted by molar-refractivity contribution is 6.31. The molecule has 0 atom stereocenters. The van der Waals surface area contributed by atoms with Gasteiger partial charge in [0, 0.05) is 10.6 Å². The number of anilines is 1. The summed E-state index contributed by atoms with van der Waals surface area (Å²) in [6, 6.07) is 6.13. The highest BCUT2D eigenvalue weighted by Crippen LogP contribution is 2.13. The van der Waals surface area contributed by atoms with E-state index >= 15 is 0 Å². The Balaban J connectivity index is 2.11. The van der Waals surface area contributed by atoms with Gasteiger partial charge in [0.1, 0.15) is 6.26 Å². The van der Waals surface area contributed by atoms with Crippen molar-refractivity contribution in [3.05, 3.63) is 46.8 Å². The normalized spacial score (nSPS) is 10.0. The van der Waals surface area contributed by atoms with Crippen molar-refractivity contribution in [3.8, 4) is 0 Å². The van der Waals surface area contributed by atoms with E-state index in [1.807, 2.05) is 0 Å². The van der Waals surface area contributed by atoms with E-state index in [1.54, 1.807) is 18.2 Å². The van der Waals surface area contributed by atoms with Crippen molar-refractivity contribution in [2.75, 3.05) is 5.32 Å². The van der Waals surface area contributed by atoms with Crippen LogP contribution in [0.4, 0.5) is 6.01 Å². The zero-order valence-corrected chi connectivity index (χ0v) is 10.1. The van der Waals surface area contributed by atoms with Gasteiger partial charge in [-0.05, 0) is 18.2 Å². The molecule has 1 aromatic heterocycles. The minimum absolute atomic E-state index is 0.163. The molecule has 2 aromatic rings. The van der Waals surface area contributed by atoms with Crippen molar-refractivity contribution in [3.63, 3.8) is 0 Å². The number of hydroxylamine groups is 1. The van der Waals surface area contributed by atoms with Gasteiger partial charge in [-0.2, -0.15) is 4.98 Å². The molecule has 2 amide bonds. The summed E-state index contributed by atoms with van der Waals surface area (Å²) >= 11 is 5.76. The second-order valence-electron chi connectivity index (χ2n) is 3.44. The lowest BCUT2D eigenvalue weighted by molar-refractivity contribution is 0.0700. The molecule has 1 heterocycles. The average Bonchev–Trinajstić information content (AvgIpc) is 2.86. The van der Waals surface area contributed by atoms with E-state index in [9.17, 15) is 9.59 Å². The Labute approximate surface area is 112 Å². The van der Waals surface area contributed by atoms with E-state index in [0.29, 0.717) is 10.6 Å². The van der Waals surface area contributed by atoms with Crippen LogP contribution < -0.4 is 10.8 Å². The molecular weight excluding hydrogens is 274 g/mol. The van der Waals surface area contributed by atoms with Crippen LogP contribution in [0, 0.1) is 0 Å². The summed E-state index contributed by atoms with van der Waals surface area (Å²) in [6.07, 6.45) is 0.999. The Morgan fingerprint density at radius 2 is 2.11 bits per heavy atom. The number of halogens is 1. The molecule has 19 heavy (non-hydrogen) atoms. The number of hydrogen-bond acceptors (Lipinski definition) is 5. The van der Waals surface area contributed by atoms with Crippen molar-refractivity contribution in [2.24, 2.45) is 0 Å². The van der Waals surface area contributed by atoms with Crippen LogP contribution in [0.1, 0.15) is 20.8 Å². The third kappa shape index (κ3) is 3.09. The lowest BCUT2D eigenvalue weighted by Gasteiger charge is -2.00. The minimum Gasteiger partial charge on any atom is -0.431 e. The summed E-state index contributed by atoms with van der Waals surface area (Å²) in [5.41, 5.74) is 1.55. The monoisotopic (exact) mass is 281 g/mol. The summed E-state index contributed by atoms with van der Waals surface area (Å²) in [7, 11) is 0. The molecule has 0 aliphatic carbocycles. The van der Waals surface area contributed by atoms with Gasteiger partial charge in [-0.15, -0.1) is 0 Å². The topological polar surface area (TPSA) is 104 Å². The van der Waals surface area contributed by atoms with Gasteiger partial charge in [-0.3, -0.25) is 20.1 Å². The van der Waals surface area contributed by atoms with E-state index in [1.165, 1.54) is 11.5 Å². The number of carbonyl (C=O) groups excluding carboxylic acids is 2. The van der Waals surface area contributed by atoms with Crippen molar-refractivity contribution in [1.29, 1.82) is 0 Å². The Hall–Kier alpha value is -2.38. The van der Waals surface area contributed by atoms with Crippen LogP contribution in [-0.2, 0) is 0 Å². The van der Waals surface area contributed by atoms with E-state index in [-0.39, 0.29) is 11.7 Å². The third-order valence-electron chi connectivity index (χ3n) is 2.15. The summed E-state index contributed by atoms with van der Waals surface area (Å²) in [4.78, 5) is 26.5. The van der Waals surface area contributed by atoms with E-state index in [0.717, 1.165) is 6.26 Å². The first-order valence-electron chi connectivity index (χ1n) is 5.07. The highest BCUT2D eigenvalue weighted by atomic mass is 35.5. The van der Waals surface area contributed by atoms with E-state index in [2.05, 4.69) is 10.3 Å². The minimum atomic E-state index is -0.841. The molecule has 98 valence electrons. The number of aromatic nitrogens is 1. The summed E-state index contributed by atoms with van der Waals surface area (Å²) in [5, 5.41) is 11.2. The van der Waals surface area contributed by atoms with Crippen LogP contribution in [-0.4, -0.2) is 22.0 Å². The smallest absolute Gasteiger partial charge is 0.302 e. The summed E-state index contributed by atoms with van der Waals surface area (Å²) < 4.78 is 4.86. The molecule has 3 N–H and O–H groups in total. The van der Waals surface area contributed by atoms with Gasteiger partial charge in [0.15, 0.2) is 5.69 Å². The number of hydrogen-bond donors (Lipinski definition) is 3. The first kappa shape index (κ1) is 13.1. The van der Waals surface area contributed by atoms with Crippen LogP contribution in [0.5, 0.6) is 0 Å². The first-order valence-corrected chi connectivity index (χ1v) is 5.45. The Bertz CT molecular complexity index is 626. The lowest BCUT2D eigenvalue weighted by atomic mass is 10.2. The van der Waals surface area contributed by atoms with Crippen LogP contribution >= 0.6 is 11.6 Å². The molecule has 0 saturated carbocycles. The number of nitrogens with zero attached hydrogens (tertiary/aromatic N) is 1. The van der Waals surface area contributed by atoms with Crippen LogP contribution in [0.2, 0.25) is 5.02 Å². The van der Waals surface area contributed by atoms with Crippen molar-refractivity contribution in [1.82, 2.24) is 10.5 Å². The Morgan fingerprint density at radius 3 is 2.79 bits per heavy atom. The molecule has 7 nitrogen and oxygen atoms in total. The number of benzene rings is 1. The number of rotatable bonds is 3. The van der Waals surface area contributed by atoms with Crippen molar-refractivity contribution in [2.45, 2.75) is 0 Å².